The van der Waals surface area contributed by atoms with Gasteiger partial charge in [0.05, 0.1) is 0 Å². The number of hydrogen-bond donors (Lipinski definition) is 0. The van der Waals surface area contributed by atoms with Gasteiger partial charge < -0.3 is 0 Å². The van der Waals surface area contributed by atoms with Gasteiger partial charge in [-0.05, 0) is 22.3 Å². The molecule has 0 saturated heterocycles. The van der Waals surface area contributed by atoms with Gasteiger partial charge in [-0.2, -0.15) is 0 Å². The summed E-state index contributed by atoms with van der Waals surface area (Å²) in [5.41, 5.74) is 3.62. The zero-order chi connectivity index (χ0) is 16.5. The standard InChI is InChI=1S/C21H18N2S/c1-14(2)15-10-12-17(13-11-15)20-22-23-21(24-20)19-9-5-7-16-6-3-4-8-18(16)19/h3-14H,1-2H3. The van der Waals surface area contributed by atoms with Gasteiger partial charge in [-0.25, -0.2) is 0 Å². The Kier molecular flexibility index (Phi) is 3.87. The first-order valence-electron chi connectivity index (χ1n) is 8.14. The number of hydrogen-bond acceptors (Lipinski definition) is 3. The normalized spacial score (nSPS) is 11.3. The van der Waals surface area contributed by atoms with E-state index in [4.69, 9.17) is 0 Å². The van der Waals surface area contributed by atoms with Crippen LogP contribution in [0.15, 0.2) is 66.7 Å². The van der Waals surface area contributed by atoms with Crippen molar-refractivity contribution in [3.8, 4) is 21.1 Å². The molecule has 0 fully saturated rings. The lowest BCUT2D eigenvalue weighted by Crippen LogP contribution is -1.86. The third kappa shape index (κ3) is 2.72. The molecule has 0 aliphatic carbocycles. The summed E-state index contributed by atoms with van der Waals surface area (Å²) in [6, 6.07) is 23.4. The topological polar surface area (TPSA) is 25.8 Å². The van der Waals surface area contributed by atoms with Gasteiger partial charge in [-0.3, -0.25) is 0 Å². The molecular formula is C21H18N2S. The Morgan fingerprint density at radius 3 is 2.25 bits per heavy atom. The largest absolute Gasteiger partial charge is 0.148 e. The van der Waals surface area contributed by atoms with Crippen molar-refractivity contribution in [1.29, 1.82) is 0 Å². The Balaban J connectivity index is 1.74. The van der Waals surface area contributed by atoms with Crippen molar-refractivity contribution in [3.05, 3.63) is 72.3 Å². The Bertz CT molecular complexity index is 979. The van der Waals surface area contributed by atoms with Crippen molar-refractivity contribution >= 4 is 22.1 Å². The van der Waals surface area contributed by atoms with Crippen LogP contribution >= 0.6 is 11.3 Å². The van der Waals surface area contributed by atoms with E-state index in [1.807, 2.05) is 0 Å². The van der Waals surface area contributed by atoms with Gasteiger partial charge in [-0.1, -0.05) is 91.9 Å². The van der Waals surface area contributed by atoms with Crippen LogP contribution in [0.5, 0.6) is 0 Å². The molecule has 0 atom stereocenters. The van der Waals surface area contributed by atoms with Gasteiger partial charge in [0.1, 0.15) is 10.0 Å². The minimum Gasteiger partial charge on any atom is -0.138 e. The van der Waals surface area contributed by atoms with Crippen molar-refractivity contribution in [2.45, 2.75) is 19.8 Å². The van der Waals surface area contributed by atoms with Crippen molar-refractivity contribution < 1.29 is 0 Å². The van der Waals surface area contributed by atoms with Gasteiger partial charge in [0.2, 0.25) is 0 Å². The fourth-order valence-electron chi connectivity index (χ4n) is 2.87. The second kappa shape index (κ2) is 6.17. The molecule has 0 unspecified atom stereocenters. The predicted octanol–water partition coefficient (Wildman–Crippen LogP) is 6.15. The van der Waals surface area contributed by atoms with Gasteiger partial charge >= 0.3 is 0 Å². The van der Waals surface area contributed by atoms with E-state index < -0.39 is 0 Å². The van der Waals surface area contributed by atoms with Gasteiger partial charge in [0.15, 0.2) is 0 Å². The second-order valence-corrected chi connectivity index (χ2v) is 7.19. The zero-order valence-electron chi connectivity index (χ0n) is 13.7. The molecule has 118 valence electrons. The molecule has 1 aromatic heterocycles. The monoisotopic (exact) mass is 330 g/mol. The molecule has 0 amide bonds. The van der Waals surface area contributed by atoms with Crippen LogP contribution in [0.4, 0.5) is 0 Å². The number of nitrogens with zero attached hydrogens (tertiary/aromatic N) is 2. The summed E-state index contributed by atoms with van der Waals surface area (Å²) in [5, 5.41) is 13.2. The van der Waals surface area contributed by atoms with Gasteiger partial charge in [0, 0.05) is 11.1 Å². The van der Waals surface area contributed by atoms with Crippen molar-refractivity contribution in [2.24, 2.45) is 0 Å². The third-order valence-electron chi connectivity index (χ3n) is 4.27. The Hall–Kier alpha value is -2.52. The van der Waals surface area contributed by atoms with Crippen LogP contribution in [0.3, 0.4) is 0 Å². The van der Waals surface area contributed by atoms with Crippen LogP contribution in [0, 0.1) is 0 Å². The fraction of sp³-hybridized carbons (Fsp3) is 0.143. The Morgan fingerprint density at radius 2 is 1.46 bits per heavy atom. The Labute approximate surface area is 145 Å². The number of benzene rings is 3. The first kappa shape index (κ1) is 15.0. The molecule has 2 nitrogen and oxygen atoms in total. The highest BCUT2D eigenvalue weighted by atomic mass is 32.1. The first-order valence-corrected chi connectivity index (χ1v) is 8.96. The third-order valence-corrected chi connectivity index (χ3v) is 5.27. The number of fused-ring (bicyclic) bond motifs is 1. The molecule has 1 heterocycles. The summed E-state index contributed by atoms with van der Waals surface area (Å²) in [6.07, 6.45) is 0. The molecule has 4 aromatic rings. The minimum absolute atomic E-state index is 0.541. The highest BCUT2D eigenvalue weighted by Gasteiger charge is 2.11. The fourth-order valence-corrected chi connectivity index (χ4v) is 3.76. The van der Waals surface area contributed by atoms with Crippen molar-refractivity contribution in [3.63, 3.8) is 0 Å². The molecule has 0 radical (unpaired) electrons. The summed E-state index contributed by atoms with van der Waals surface area (Å²) in [7, 11) is 0. The van der Waals surface area contributed by atoms with E-state index >= 15 is 0 Å². The maximum absolute atomic E-state index is 4.44. The summed E-state index contributed by atoms with van der Waals surface area (Å²) in [4.78, 5) is 0. The highest BCUT2D eigenvalue weighted by molar-refractivity contribution is 7.18. The van der Waals surface area contributed by atoms with Crippen LogP contribution in [-0.2, 0) is 0 Å². The highest BCUT2D eigenvalue weighted by Crippen LogP contribution is 2.34. The van der Waals surface area contributed by atoms with Crippen LogP contribution in [0.1, 0.15) is 25.3 Å². The maximum Gasteiger partial charge on any atom is 0.148 e. The molecule has 0 N–H and O–H groups in total. The Morgan fingerprint density at radius 1 is 0.750 bits per heavy atom. The molecule has 3 heteroatoms. The SMILES string of the molecule is CC(C)c1ccc(-c2nnc(-c3cccc4ccccc34)s2)cc1. The lowest BCUT2D eigenvalue weighted by atomic mass is 10.0. The number of aromatic nitrogens is 2. The van der Waals surface area contributed by atoms with Crippen LogP contribution in [-0.4, -0.2) is 10.2 Å². The van der Waals surface area contributed by atoms with E-state index in [1.165, 1.54) is 16.3 Å². The maximum atomic E-state index is 4.44. The summed E-state index contributed by atoms with van der Waals surface area (Å²) < 4.78 is 0. The van der Waals surface area contributed by atoms with Crippen LogP contribution in [0.2, 0.25) is 0 Å². The summed E-state index contributed by atoms with van der Waals surface area (Å²) in [5.74, 6) is 0.541. The summed E-state index contributed by atoms with van der Waals surface area (Å²) in [6.45, 7) is 4.41. The van der Waals surface area contributed by atoms with E-state index in [0.717, 1.165) is 21.1 Å². The molecule has 0 aliphatic rings. The summed E-state index contributed by atoms with van der Waals surface area (Å²) >= 11 is 1.65. The average Bonchev–Trinajstić information content (AvgIpc) is 3.11. The second-order valence-electron chi connectivity index (χ2n) is 6.22. The lowest BCUT2D eigenvalue weighted by molar-refractivity contribution is 0.867. The average molecular weight is 330 g/mol. The molecule has 4 rings (SSSR count). The predicted molar refractivity (Wildman–Crippen MR) is 102 cm³/mol. The molecule has 0 saturated carbocycles. The smallest absolute Gasteiger partial charge is 0.138 e. The van der Waals surface area contributed by atoms with Gasteiger partial charge in [0.25, 0.3) is 0 Å². The van der Waals surface area contributed by atoms with Crippen molar-refractivity contribution in [2.75, 3.05) is 0 Å². The first-order chi connectivity index (χ1) is 11.7. The van der Waals surface area contributed by atoms with E-state index in [-0.39, 0.29) is 0 Å². The van der Waals surface area contributed by atoms with Crippen molar-refractivity contribution in [1.82, 2.24) is 10.2 Å². The van der Waals surface area contributed by atoms with E-state index in [9.17, 15) is 0 Å². The molecule has 3 aromatic carbocycles. The van der Waals surface area contributed by atoms with E-state index in [2.05, 4.69) is 90.8 Å². The molecule has 0 aliphatic heterocycles. The van der Waals surface area contributed by atoms with Gasteiger partial charge in [-0.15, -0.1) is 10.2 Å². The number of rotatable bonds is 3. The zero-order valence-corrected chi connectivity index (χ0v) is 14.5. The van der Waals surface area contributed by atoms with Crippen LogP contribution < -0.4 is 0 Å². The van der Waals surface area contributed by atoms with Crippen LogP contribution in [0.25, 0.3) is 31.9 Å². The quantitative estimate of drug-likeness (QED) is 0.450. The lowest BCUT2D eigenvalue weighted by Gasteiger charge is -2.05. The molecule has 0 bridgehead atoms. The minimum atomic E-state index is 0.541. The van der Waals surface area contributed by atoms with E-state index in [0.29, 0.717) is 5.92 Å². The molecule has 0 spiro atoms. The van der Waals surface area contributed by atoms with E-state index in [1.54, 1.807) is 11.3 Å². The molecular weight excluding hydrogens is 312 g/mol. The molecule has 24 heavy (non-hydrogen) atoms.